The topological polar surface area (TPSA) is 57.0 Å². The Morgan fingerprint density at radius 1 is 1.12 bits per heavy atom. The van der Waals surface area contributed by atoms with Crippen LogP contribution in [0, 0.1) is 5.82 Å². The highest BCUT2D eigenvalue weighted by Crippen LogP contribution is 2.36. The summed E-state index contributed by atoms with van der Waals surface area (Å²) >= 11 is 5.95. The Kier molecular flexibility index (Phi) is 6.07. The number of fused-ring (bicyclic) bond motifs is 1. The largest absolute Gasteiger partial charge is 0.438 e. The number of aryl methyl sites for hydroxylation is 1. The molecular formula is C23H16ClF4N3O2. The Morgan fingerprint density at radius 2 is 1.91 bits per heavy atom. The molecule has 170 valence electrons. The smallest absolute Gasteiger partial charge is 0.421 e. The van der Waals surface area contributed by atoms with Gasteiger partial charge in [0.25, 0.3) is 5.56 Å². The number of alkyl halides is 3. The zero-order valence-electron chi connectivity index (χ0n) is 17.2. The molecule has 0 aliphatic carbocycles. The first-order valence-electron chi connectivity index (χ1n) is 9.83. The highest BCUT2D eigenvalue weighted by Gasteiger charge is 2.35. The molecule has 0 fully saturated rings. The van der Waals surface area contributed by atoms with Crippen LogP contribution in [0.25, 0.3) is 10.9 Å². The molecule has 0 radical (unpaired) electrons. The van der Waals surface area contributed by atoms with Gasteiger partial charge >= 0.3 is 6.18 Å². The van der Waals surface area contributed by atoms with E-state index in [0.29, 0.717) is 23.1 Å². The molecule has 10 heteroatoms. The molecule has 4 rings (SSSR count). The summed E-state index contributed by atoms with van der Waals surface area (Å²) in [5.74, 6) is -1.14. The molecule has 0 saturated heterocycles. The Labute approximate surface area is 190 Å². The van der Waals surface area contributed by atoms with Crippen LogP contribution in [0.1, 0.15) is 23.6 Å². The van der Waals surface area contributed by atoms with Crippen molar-refractivity contribution in [2.24, 2.45) is 0 Å². The summed E-state index contributed by atoms with van der Waals surface area (Å²) in [5, 5.41) is 0.387. The van der Waals surface area contributed by atoms with Gasteiger partial charge in [-0.25, -0.2) is 9.37 Å². The van der Waals surface area contributed by atoms with E-state index >= 15 is 0 Å². The molecule has 0 aliphatic heterocycles. The van der Waals surface area contributed by atoms with Crippen LogP contribution in [0.2, 0.25) is 5.02 Å². The lowest BCUT2D eigenvalue weighted by atomic mass is 10.0. The van der Waals surface area contributed by atoms with Crippen LogP contribution in [0.15, 0.2) is 59.8 Å². The third-order valence-corrected chi connectivity index (χ3v) is 5.29. The van der Waals surface area contributed by atoms with E-state index in [9.17, 15) is 22.4 Å². The summed E-state index contributed by atoms with van der Waals surface area (Å²) in [5.41, 5.74) is -0.121. The third kappa shape index (κ3) is 4.68. The molecule has 2 aromatic heterocycles. The summed E-state index contributed by atoms with van der Waals surface area (Å²) in [6.07, 6.45) is -1.65. The first kappa shape index (κ1) is 22.7. The third-order valence-electron chi connectivity index (χ3n) is 5.08. The second-order valence-corrected chi connectivity index (χ2v) is 7.63. The van der Waals surface area contributed by atoms with Crippen molar-refractivity contribution < 1.29 is 22.3 Å². The SMILES string of the molecule is CCc1cc(Cl)cc(F)c1Cn1cnc(=O)c2cc(Oc3ncccc3C(F)(F)F)ccc21. The highest BCUT2D eigenvalue weighted by molar-refractivity contribution is 6.30. The van der Waals surface area contributed by atoms with Gasteiger partial charge in [0.15, 0.2) is 0 Å². The van der Waals surface area contributed by atoms with Gasteiger partial charge in [0, 0.05) is 16.8 Å². The van der Waals surface area contributed by atoms with Crippen molar-refractivity contribution in [1.29, 1.82) is 0 Å². The molecule has 2 heterocycles. The Morgan fingerprint density at radius 3 is 2.64 bits per heavy atom. The van der Waals surface area contributed by atoms with E-state index < -0.39 is 29.0 Å². The fourth-order valence-corrected chi connectivity index (χ4v) is 3.73. The number of hydrogen-bond donors (Lipinski definition) is 0. The lowest BCUT2D eigenvalue weighted by Crippen LogP contribution is -2.14. The zero-order valence-corrected chi connectivity index (χ0v) is 17.9. The van der Waals surface area contributed by atoms with Crippen molar-refractivity contribution in [2.75, 3.05) is 0 Å². The van der Waals surface area contributed by atoms with Crippen LogP contribution in [-0.2, 0) is 19.1 Å². The maximum absolute atomic E-state index is 14.6. The number of rotatable bonds is 5. The molecule has 0 N–H and O–H groups in total. The molecule has 0 atom stereocenters. The zero-order chi connectivity index (χ0) is 23.8. The minimum absolute atomic E-state index is 0.0183. The molecule has 0 bridgehead atoms. The van der Waals surface area contributed by atoms with Crippen molar-refractivity contribution in [3.63, 3.8) is 0 Å². The van der Waals surface area contributed by atoms with E-state index in [1.807, 2.05) is 6.92 Å². The number of benzene rings is 2. The minimum Gasteiger partial charge on any atom is -0.438 e. The van der Waals surface area contributed by atoms with E-state index in [2.05, 4.69) is 9.97 Å². The van der Waals surface area contributed by atoms with Crippen LogP contribution >= 0.6 is 11.6 Å². The van der Waals surface area contributed by atoms with Crippen LogP contribution in [0.5, 0.6) is 11.6 Å². The van der Waals surface area contributed by atoms with Crippen molar-refractivity contribution in [3.8, 4) is 11.6 Å². The van der Waals surface area contributed by atoms with E-state index in [4.69, 9.17) is 16.3 Å². The van der Waals surface area contributed by atoms with E-state index in [0.717, 1.165) is 12.1 Å². The predicted octanol–water partition coefficient (Wildman–Crippen LogP) is 6.01. The highest BCUT2D eigenvalue weighted by atomic mass is 35.5. The van der Waals surface area contributed by atoms with Gasteiger partial charge in [-0.05, 0) is 54.4 Å². The summed E-state index contributed by atoms with van der Waals surface area (Å²) in [7, 11) is 0. The lowest BCUT2D eigenvalue weighted by Gasteiger charge is -2.15. The molecular weight excluding hydrogens is 462 g/mol. The van der Waals surface area contributed by atoms with Gasteiger partial charge in [-0.3, -0.25) is 4.79 Å². The van der Waals surface area contributed by atoms with Crippen LogP contribution in [0.4, 0.5) is 17.6 Å². The Balaban J connectivity index is 1.75. The van der Waals surface area contributed by atoms with Gasteiger partial charge in [0.1, 0.15) is 17.1 Å². The van der Waals surface area contributed by atoms with Gasteiger partial charge in [-0.2, -0.15) is 18.2 Å². The minimum atomic E-state index is -4.66. The average Bonchev–Trinajstić information content (AvgIpc) is 2.76. The van der Waals surface area contributed by atoms with Gasteiger partial charge in [-0.1, -0.05) is 18.5 Å². The molecule has 4 aromatic rings. The predicted molar refractivity (Wildman–Crippen MR) is 115 cm³/mol. The Bertz CT molecular complexity index is 1400. The molecule has 0 amide bonds. The van der Waals surface area contributed by atoms with E-state index in [1.165, 1.54) is 36.8 Å². The molecule has 0 aliphatic rings. The number of ether oxygens (including phenoxy) is 1. The monoisotopic (exact) mass is 477 g/mol. The van der Waals surface area contributed by atoms with Crippen LogP contribution in [0.3, 0.4) is 0 Å². The first-order chi connectivity index (χ1) is 15.7. The number of aromatic nitrogens is 3. The summed E-state index contributed by atoms with van der Waals surface area (Å²) in [4.78, 5) is 19.9. The normalized spacial score (nSPS) is 11.7. The second-order valence-electron chi connectivity index (χ2n) is 7.19. The van der Waals surface area contributed by atoms with E-state index in [-0.39, 0.29) is 22.7 Å². The standard InChI is InChI=1S/C23H16ClF4N3O2/c1-2-13-8-14(24)9-19(25)17(13)11-31-12-30-21(32)16-10-15(5-6-20(16)31)33-22-18(23(26,27)28)4-3-7-29-22/h3-10,12H,2,11H2,1H3. The fraction of sp³-hybridized carbons (Fsp3) is 0.174. The molecule has 0 spiro atoms. The van der Waals surface area contributed by atoms with Gasteiger partial charge in [0.05, 0.1) is 23.8 Å². The number of halogens is 5. The van der Waals surface area contributed by atoms with Crippen LogP contribution < -0.4 is 10.3 Å². The maximum Gasteiger partial charge on any atom is 0.421 e. The first-order valence-corrected chi connectivity index (χ1v) is 10.2. The van der Waals surface area contributed by atoms with Gasteiger partial charge in [0.2, 0.25) is 5.88 Å². The number of pyridine rings is 1. The van der Waals surface area contributed by atoms with Crippen LogP contribution in [-0.4, -0.2) is 14.5 Å². The molecule has 5 nitrogen and oxygen atoms in total. The van der Waals surface area contributed by atoms with Gasteiger partial charge in [-0.15, -0.1) is 0 Å². The van der Waals surface area contributed by atoms with Crippen molar-refractivity contribution in [1.82, 2.24) is 14.5 Å². The average molecular weight is 478 g/mol. The molecule has 0 unspecified atom stereocenters. The maximum atomic E-state index is 14.6. The Hall–Kier alpha value is -3.46. The molecule has 33 heavy (non-hydrogen) atoms. The van der Waals surface area contributed by atoms with Crippen molar-refractivity contribution in [2.45, 2.75) is 26.1 Å². The summed E-state index contributed by atoms with van der Waals surface area (Å²) in [6.45, 7) is 1.95. The summed E-state index contributed by atoms with van der Waals surface area (Å²) < 4.78 is 61.2. The molecule has 2 aromatic carbocycles. The van der Waals surface area contributed by atoms with Gasteiger partial charge < -0.3 is 9.30 Å². The lowest BCUT2D eigenvalue weighted by molar-refractivity contribution is -0.138. The molecule has 0 saturated carbocycles. The van der Waals surface area contributed by atoms with Crippen molar-refractivity contribution in [3.05, 3.63) is 92.9 Å². The van der Waals surface area contributed by atoms with Crippen molar-refractivity contribution >= 4 is 22.5 Å². The number of nitrogens with zero attached hydrogens (tertiary/aromatic N) is 3. The fourth-order valence-electron chi connectivity index (χ4n) is 3.50. The quantitative estimate of drug-likeness (QED) is 0.330. The van der Waals surface area contributed by atoms with E-state index in [1.54, 1.807) is 10.6 Å². The second kappa shape index (κ2) is 8.82. The summed E-state index contributed by atoms with van der Waals surface area (Å²) in [6, 6.07) is 9.09. The number of hydrogen-bond acceptors (Lipinski definition) is 4.